The Labute approximate surface area is 149 Å². The van der Waals surface area contributed by atoms with Crippen molar-refractivity contribution in [3.05, 3.63) is 35.9 Å². The number of nitrogens with two attached hydrogens (primary N) is 1. The lowest BCUT2D eigenvalue weighted by atomic mass is 9.97. The summed E-state index contributed by atoms with van der Waals surface area (Å²) < 4.78 is 11.8. The van der Waals surface area contributed by atoms with E-state index >= 15 is 0 Å². The highest BCUT2D eigenvalue weighted by Crippen LogP contribution is 2.32. The second-order valence-corrected chi connectivity index (χ2v) is 7.03. The van der Waals surface area contributed by atoms with E-state index in [9.17, 15) is 4.79 Å². The molecule has 2 N–H and O–H groups in total. The Bertz CT molecular complexity index is 552. The molecule has 2 aliphatic rings. The molecule has 1 amide bonds. The highest BCUT2D eigenvalue weighted by molar-refractivity contribution is 5.85. The van der Waals surface area contributed by atoms with Gasteiger partial charge < -0.3 is 20.1 Å². The lowest BCUT2D eigenvalue weighted by molar-refractivity contribution is -0.165. The molecule has 0 spiro atoms. The lowest BCUT2D eigenvalue weighted by Crippen LogP contribution is -2.58. The first kappa shape index (κ1) is 19.2. The summed E-state index contributed by atoms with van der Waals surface area (Å²) in [5.74, 6) is 0.0650. The van der Waals surface area contributed by atoms with E-state index in [-0.39, 0.29) is 42.2 Å². The largest absolute Gasteiger partial charge is 0.369 e. The minimum absolute atomic E-state index is 0. The van der Waals surface area contributed by atoms with E-state index in [0.29, 0.717) is 19.7 Å². The number of benzene rings is 1. The van der Waals surface area contributed by atoms with Gasteiger partial charge in [0.1, 0.15) is 12.2 Å². The molecular formula is C18H27ClN2O3. The first-order chi connectivity index (χ1) is 11.0. The third-order valence-electron chi connectivity index (χ3n) is 4.80. The van der Waals surface area contributed by atoms with Crippen LogP contribution < -0.4 is 5.73 Å². The van der Waals surface area contributed by atoms with Crippen LogP contribution in [0.5, 0.6) is 0 Å². The Kier molecular flexibility index (Phi) is 6.26. The predicted octanol–water partition coefficient (Wildman–Crippen LogP) is 2.29. The van der Waals surface area contributed by atoms with E-state index in [2.05, 4.69) is 0 Å². The molecule has 5 nitrogen and oxygen atoms in total. The number of amides is 1. The van der Waals surface area contributed by atoms with Crippen molar-refractivity contribution in [1.82, 2.24) is 4.90 Å². The number of nitrogens with zero attached hydrogens (tertiary/aromatic N) is 1. The van der Waals surface area contributed by atoms with Crippen molar-refractivity contribution in [2.24, 2.45) is 5.73 Å². The van der Waals surface area contributed by atoms with Crippen molar-refractivity contribution in [2.45, 2.75) is 50.5 Å². The van der Waals surface area contributed by atoms with Crippen LogP contribution in [-0.4, -0.2) is 48.3 Å². The van der Waals surface area contributed by atoms with Gasteiger partial charge in [-0.2, -0.15) is 0 Å². The molecule has 2 heterocycles. The molecule has 24 heavy (non-hydrogen) atoms. The van der Waals surface area contributed by atoms with Gasteiger partial charge in [-0.25, -0.2) is 0 Å². The molecule has 0 radical (unpaired) electrons. The molecule has 0 saturated carbocycles. The van der Waals surface area contributed by atoms with Crippen LogP contribution in [0.3, 0.4) is 0 Å². The maximum absolute atomic E-state index is 13.0. The predicted molar refractivity (Wildman–Crippen MR) is 95.1 cm³/mol. The van der Waals surface area contributed by atoms with Crippen molar-refractivity contribution in [1.29, 1.82) is 0 Å². The van der Waals surface area contributed by atoms with Crippen LogP contribution in [0.1, 0.15) is 38.4 Å². The first-order valence-corrected chi connectivity index (χ1v) is 8.35. The van der Waals surface area contributed by atoms with Gasteiger partial charge in [0.05, 0.1) is 24.8 Å². The van der Waals surface area contributed by atoms with Crippen molar-refractivity contribution >= 4 is 18.3 Å². The van der Waals surface area contributed by atoms with Crippen molar-refractivity contribution in [3.8, 4) is 0 Å². The molecule has 6 heteroatoms. The van der Waals surface area contributed by atoms with Gasteiger partial charge in [0.25, 0.3) is 5.91 Å². The fraction of sp³-hybridized carbons (Fsp3) is 0.611. The van der Waals surface area contributed by atoms with Gasteiger partial charge in [-0.1, -0.05) is 30.3 Å². The molecule has 1 aromatic rings. The van der Waals surface area contributed by atoms with Crippen molar-refractivity contribution in [3.63, 3.8) is 0 Å². The van der Waals surface area contributed by atoms with Gasteiger partial charge in [-0.3, -0.25) is 4.79 Å². The van der Waals surface area contributed by atoms with Gasteiger partial charge >= 0.3 is 0 Å². The maximum Gasteiger partial charge on any atom is 0.252 e. The summed E-state index contributed by atoms with van der Waals surface area (Å²) in [7, 11) is 0. The summed E-state index contributed by atoms with van der Waals surface area (Å²) in [6.07, 6.45) is 1.18. The summed E-state index contributed by atoms with van der Waals surface area (Å²) in [6, 6.07) is 10.1. The Hall–Kier alpha value is -1.14. The number of hydrogen-bond acceptors (Lipinski definition) is 4. The molecular weight excluding hydrogens is 328 g/mol. The molecule has 0 aliphatic carbocycles. The molecule has 1 aromatic carbocycles. The average molecular weight is 355 g/mol. The summed E-state index contributed by atoms with van der Waals surface area (Å²) in [4.78, 5) is 14.9. The molecule has 2 fully saturated rings. The van der Waals surface area contributed by atoms with Crippen LogP contribution in [-0.2, 0) is 14.3 Å². The molecule has 0 aromatic heterocycles. The van der Waals surface area contributed by atoms with Gasteiger partial charge in [0.2, 0.25) is 0 Å². The minimum atomic E-state index is -0.364. The first-order valence-electron chi connectivity index (χ1n) is 8.35. The Balaban J connectivity index is 0.00000208. The van der Waals surface area contributed by atoms with Crippen LogP contribution in [0, 0.1) is 0 Å². The number of carbonyl (C=O) groups is 1. The highest BCUT2D eigenvalue weighted by Gasteiger charge is 2.42. The Morgan fingerprint density at radius 1 is 1.29 bits per heavy atom. The fourth-order valence-electron chi connectivity index (χ4n) is 3.34. The van der Waals surface area contributed by atoms with Gasteiger partial charge in [-0.05, 0) is 32.3 Å². The Morgan fingerprint density at radius 2 is 2.00 bits per heavy atom. The normalized spacial score (nSPS) is 29.1. The number of rotatable bonds is 3. The second-order valence-electron chi connectivity index (χ2n) is 7.03. The third kappa shape index (κ3) is 3.91. The molecule has 3 rings (SSSR count). The van der Waals surface area contributed by atoms with Gasteiger partial charge in [-0.15, -0.1) is 12.4 Å². The summed E-state index contributed by atoms with van der Waals surface area (Å²) >= 11 is 0. The lowest BCUT2D eigenvalue weighted by Gasteiger charge is -2.46. The second kappa shape index (κ2) is 7.83. The van der Waals surface area contributed by atoms with E-state index in [1.165, 1.54) is 0 Å². The summed E-state index contributed by atoms with van der Waals surface area (Å²) in [5, 5.41) is 0. The van der Waals surface area contributed by atoms with Gasteiger partial charge in [0, 0.05) is 6.54 Å². The molecule has 0 bridgehead atoms. The molecule has 134 valence electrons. The van der Waals surface area contributed by atoms with Crippen LogP contribution in [0.4, 0.5) is 0 Å². The molecule has 3 atom stereocenters. The zero-order chi connectivity index (χ0) is 16.4. The maximum atomic E-state index is 13.0. The number of hydrogen-bond donors (Lipinski definition) is 1. The van der Waals surface area contributed by atoms with Crippen LogP contribution in [0.15, 0.2) is 30.3 Å². The average Bonchev–Trinajstić information content (AvgIpc) is 3.04. The molecule has 2 aliphatic heterocycles. The summed E-state index contributed by atoms with van der Waals surface area (Å²) in [6.45, 7) is 5.64. The van der Waals surface area contributed by atoms with Crippen LogP contribution in [0.2, 0.25) is 0 Å². The standard InChI is InChI=1S/C18H26N2O3.ClH/c1-18(2)12-22-16(13-6-4-3-5-7-13)11-20(18)17(21)15-9-8-14(10-19)23-15;/h3-7,14-16H,8-12,19H2,1-2H3;1H/t14-,15+,16?;/m1./s1. The van der Waals surface area contributed by atoms with E-state index in [0.717, 1.165) is 18.4 Å². The van der Waals surface area contributed by atoms with Gasteiger partial charge in [0.15, 0.2) is 0 Å². The number of morpholine rings is 1. The number of halogens is 1. The van der Waals surface area contributed by atoms with Crippen molar-refractivity contribution in [2.75, 3.05) is 19.7 Å². The SMILES string of the molecule is CC1(C)COC(c2ccccc2)CN1C(=O)[C@@H]1CC[C@H](CN)O1.Cl. The number of ether oxygens (including phenoxy) is 2. The van der Waals surface area contributed by atoms with E-state index in [1.54, 1.807) is 0 Å². The minimum Gasteiger partial charge on any atom is -0.369 e. The third-order valence-corrected chi connectivity index (χ3v) is 4.80. The topological polar surface area (TPSA) is 64.8 Å². The zero-order valence-corrected chi connectivity index (χ0v) is 15.1. The number of carbonyl (C=O) groups excluding carboxylic acids is 1. The van der Waals surface area contributed by atoms with Crippen molar-refractivity contribution < 1.29 is 14.3 Å². The quantitative estimate of drug-likeness (QED) is 0.904. The molecule has 2 saturated heterocycles. The van der Waals surface area contributed by atoms with Crippen LogP contribution >= 0.6 is 12.4 Å². The monoisotopic (exact) mass is 354 g/mol. The van der Waals surface area contributed by atoms with E-state index in [4.69, 9.17) is 15.2 Å². The molecule has 1 unspecified atom stereocenters. The highest BCUT2D eigenvalue weighted by atomic mass is 35.5. The van der Waals surface area contributed by atoms with E-state index in [1.807, 2.05) is 49.1 Å². The Morgan fingerprint density at radius 3 is 2.62 bits per heavy atom. The van der Waals surface area contributed by atoms with Crippen LogP contribution in [0.25, 0.3) is 0 Å². The fourth-order valence-corrected chi connectivity index (χ4v) is 3.34. The smallest absolute Gasteiger partial charge is 0.252 e. The van der Waals surface area contributed by atoms with E-state index < -0.39 is 0 Å². The summed E-state index contributed by atoms with van der Waals surface area (Å²) in [5.41, 5.74) is 6.43. The zero-order valence-electron chi connectivity index (χ0n) is 14.3.